The standard InChI is InChI=1S/C18H22N2O4S/c1-13(15-8-10-17(11-9-15)25(19,22)23)20(2)12-14-4-6-16(7-5-14)18(21)24-3/h4-11,13H,12H2,1-3H3,(H2,19,22,23). The largest absolute Gasteiger partial charge is 0.465 e. The highest BCUT2D eigenvalue weighted by molar-refractivity contribution is 7.89. The molecule has 0 spiro atoms. The van der Waals surface area contributed by atoms with Crippen LogP contribution in [0.3, 0.4) is 0 Å². The summed E-state index contributed by atoms with van der Waals surface area (Å²) in [7, 11) is -0.346. The van der Waals surface area contributed by atoms with Gasteiger partial charge >= 0.3 is 5.97 Å². The third-order valence-electron chi connectivity index (χ3n) is 4.16. The lowest BCUT2D eigenvalue weighted by atomic mass is 10.1. The molecule has 0 amide bonds. The first kappa shape index (κ1) is 19.1. The number of ether oxygens (including phenoxy) is 1. The van der Waals surface area contributed by atoms with E-state index in [0.29, 0.717) is 12.1 Å². The van der Waals surface area contributed by atoms with Gasteiger partial charge in [0, 0.05) is 12.6 Å². The predicted molar refractivity (Wildman–Crippen MR) is 95.5 cm³/mol. The molecule has 1 unspecified atom stereocenters. The van der Waals surface area contributed by atoms with Gasteiger partial charge in [-0.1, -0.05) is 24.3 Å². The third kappa shape index (κ3) is 4.88. The Morgan fingerprint density at radius 3 is 2.16 bits per heavy atom. The van der Waals surface area contributed by atoms with Crippen LogP contribution in [0.5, 0.6) is 0 Å². The summed E-state index contributed by atoms with van der Waals surface area (Å²) in [6.07, 6.45) is 0. The molecule has 0 saturated carbocycles. The number of esters is 1. The average Bonchev–Trinajstić information content (AvgIpc) is 2.60. The summed E-state index contributed by atoms with van der Waals surface area (Å²) in [5.74, 6) is -0.358. The number of hydrogen-bond acceptors (Lipinski definition) is 5. The summed E-state index contributed by atoms with van der Waals surface area (Å²) in [4.78, 5) is 13.7. The second-order valence-corrected chi connectivity index (χ2v) is 7.46. The normalized spacial score (nSPS) is 12.8. The summed E-state index contributed by atoms with van der Waals surface area (Å²) in [6, 6.07) is 13.9. The van der Waals surface area contributed by atoms with Gasteiger partial charge in [0.1, 0.15) is 0 Å². The zero-order valence-corrected chi connectivity index (χ0v) is 15.3. The molecule has 1 atom stereocenters. The lowest BCUT2D eigenvalue weighted by Crippen LogP contribution is -2.22. The molecule has 0 saturated heterocycles. The topological polar surface area (TPSA) is 89.7 Å². The minimum Gasteiger partial charge on any atom is -0.465 e. The van der Waals surface area contributed by atoms with Gasteiger partial charge in [-0.2, -0.15) is 0 Å². The molecule has 0 aliphatic carbocycles. The Bertz CT molecular complexity index is 830. The molecule has 0 bridgehead atoms. The molecule has 2 aromatic rings. The highest BCUT2D eigenvalue weighted by Crippen LogP contribution is 2.22. The van der Waals surface area contributed by atoms with Crippen molar-refractivity contribution in [3.63, 3.8) is 0 Å². The van der Waals surface area contributed by atoms with Crippen LogP contribution >= 0.6 is 0 Å². The summed E-state index contributed by atoms with van der Waals surface area (Å²) < 4.78 is 27.3. The van der Waals surface area contributed by atoms with Crippen LogP contribution in [0.2, 0.25) is 0 Å². The van der Waals surface area contributed by atoms with E-state index in [1.54, 1.807) is 24.3 Å². The summed E-state index contributed by atoms with van der Waals surface area (Å²) in [5, 5.41) is 5.12. The molecule has 25 heavy (non-hydrogen) atoms. The molecule has 0 aromatic heterocycles. The van der Waals surface area contributed by atoms with Gasteiger partial charge in [0.25, 0.3) is 0 Å². The first-order valence-corrected chi connectivity index (χ1v) is 9.27. The van der Waals surface area contributed by atoms with Gasteiger partial charge in [-0.15, -0.1) is 0 Å². The second kappa shape index (κ2) is 7.77. The maximum Gasteiger partial charge on any atom is 0.337 e. The van der Waals surface area contributed by atoms with Crippen LogP contribution in [0.1, 0.15) is 34.5 Å². The molecule has 0 aliphatic heterocycles. The quantitative estimate of drug-likeness (QED) is 0.797. The van der Waals surface area contributed by atoms with Gasteiger partial charge in [0.15, 0.2) is 0 Å². The Labute approximate surface area is 148 Å². The van der Waals surface area contributed by atoms with Gasteiger partial charge in [-0.25, -0.2) is 18.4 Å². The van der Waals surface area contributed by atoms with Gasteiger partial charge in [-0.05, 0) is 49.4 Å². The molecule has 2 rings (SSSR count). The van der Waals surface area contributed by atoms with E-state index in [4.69, 9.17) is 5.14 Å². The van der Waals surface area contributed by atoms with Crippen molar-refractivity contribution in [2.45, 2.75) is 24.4 Å². The second-order valence-electron chi connectivity index (χ2n) is 5.89. The Morgan fingerprint density at radius 1 is 1.12 bits per heavy atom. The number of rotatable bonds is 6. The summed E-state index contributed by atoms with van der Waals surface area (Å²) in [5.41, 5.74) is 2.56. The van der Waals surface area contributed by atoms with Crippen LogP contribution in [0.4, 0.5) is 0 Å². The number of nitrogens with zero attached hydrogens (tertiary/aromatic N) is 1. The Morgan fingerprint density at radius 2 is 1.68 bits per heavy atom. The number of primary sulfonamides is 1. The number of methoxy groups -OCH3 is 1. The van der Waals surface area contributed by atoms with E-state index in [2.05, 4.69) is 9.64 Å². The Balaban J connectivity index is 2.07. The van der Waals surface area contributed by atoms with E-state index in [9.17, 15) is 13.2 Å². The highest BCUT2D eigenvalue weighted by atomic mass is 32.2. The lowest BCUT2D eigenvalue weighted by Gasteiger charge is -2.25. The molecule has 7 heteroatoms. The van der Waals surface area contributed by atoms with Gasteiger partial charge in [0.2, 0.25) is 10.0 Å². The fourth-order valence-electron chi connectivity index (χ4n) is 2.48. The van der Waals surface area contributed by atoms with Crippen molar-refractivity contribution >= 4 is 16.0 Å². The predicted octanol–water partition coefficient (Wildman–Crippen LogP) is 2.31. The van der Waals surface area contributed by atoms with Crippen molar-refractivity contribution in [1.82, 2.24) is 4.90 Å². The van der Waals surface area contributed by atoms with Gasteiger partial charge in [-0.3, -0.25) is 4.90 Å². The number of carbonyl (C=O) groups excluding carboxylic acids is 1. The molecule has 0 fully saturated rings. The van der Waals surface area contributed by atoms with Crippen LogP contribution in [0.25, 0.3) is 0 Å². The SMILES string of the molecule is COC(=O)c1ccc(CN(C)C(C)c2ccc(S(N)(=O)=O)cc2)cc1. The van der Waals surface area contributed by atoms with Crippen molar-refractivity contribution in [2.24, 2.45) is 5.14 Å². The molecule has 2 N–H and O–H groups in total. The fraction of sp³-hybridized carbons (Fsp3) is 0.278. The van der Waals surface area contributed by atoms with Crippen molar-refractivity contribution in [1.29, 1.82) is 0 Å². The Kier molecular flexibility index (Phi) is 5.94. The molecule has 2 aromatic carbocycles. The van der Waals surface area contributed by atoms with E-state index in [1.165, 1.54) is 19.2 Å². The zero-order valence-electron chi connectivity index (χ0n) is 14.5. The van der Waals surface area contributed by atoms with Crippen LogP contribution < -0.4 is 5.14 Å². The maximum absolute atomic E-state index is 11.5. The molecular weight excluding hydrogens is 340 g/mol. The van der Waals surface area contributed by atoms with E-state index in [1.807, 2.05) is 26.1 Å². The fourth-order valence-corrected chi connectivity index (χ4v) is 2.99. The van der Waals surface area contributed by atoms with Crippen LogP contribution in [-0.4, -0.2) is 33.4 Å². The first-order chi connectivity index (χ1) is 11.7. The van der Waals surface area contributed by atoms with Gasteiger partial charge < -0.3 is 4.74 Å². The number of nitrogens with two attached hydrogens (primary N) is 1. The molecule has 0 heterocycles. The average molecular weight is 362 g/mol. The third-order valence-corrected chi connectivity index (χ3v) is 5.09. The van der Waals surface area contributed by atoms with Gasteiger partial charge in [0.05, 0.1) is 17.6 Å². The monoisotopic (exact) mass is 362 g/mol. The lowest BCUT2D eigenvalue weighted by molar-refractivity contribution is 0.0600. The van der Waals surface area contributed by atoms with Crippen LogP contribution in [-0.2, 0) is 21.3 Å². The van der Waals surface area contributed by atoms with Crippen molar-refractivity contribution in [3.8, 4) is 0 Å². The number of benzene rings is 2. The molecular formula is C18H22N2O4S. The summed E-state index contributed by atoms with van der Waals surface area (Å²) in [6.45, 7) is 2.72. The van der Waals surface area contributed by atoms with Crippen molar-refractivity contribution in [3.05, 3.63) is 65.2 Å². The van der Waals surface area contributed by atoms with E-state index in [-0.39, 0.29) is 16.9 Å². The molecule has 6 nitrogen and oxygen atoms in total. The van der Waals surface area contributed by atoms with Crippen molar-refractivity contribution < 1.29 is 17.9 Å². The maximum atomic E-state index is 11.5. The number of sulfonamides is 1. The zero-order chi connectivity index (χ0) is 18.6. The molecule has 0 radical (unpaired) electrons. The van der Waals surface area contributed by atoms with E-state index >= 15 is 0 Å². The smallest absolute Gasteiger partial charge is 0.337 e. The summed E-state index contributed by atoms with van der Waals surface area (Å²) >= 11 is 0. The van der Waals surface area contributed by atoms with E-state index < -0.39 is 10.0 Å². The molecule has 0 aliphatic rings. The highest BCUT2D eigenvalue weighted by Gasteiger charge is 2.14. The minimum atomic E-state index is -3.68. The minimum absolute atomic E-state index is 0.0785. The number of carbonyl (C=O) groups is 1. The van der Waals surface area contributed by atoms with Crippen LogP contribution in [0.15, 0.2) is 53.4 Å². The van der Waals surface area contributed by atoms with Crippen molar-refractivity contribution in [2.75, 3.05) is 14.2 Å². The van der Waals surface area contributed by atoms with Crippen LogP contribution in [0, 0.1) is 0 Å². The Hall–Kier alpha value is -2.22. The first-order valence-electron chi connectivity index (χ1n) is 7.72. The molecule has 134 valence electrons. The number of hydrogen-bond donors (Lipinski definition) is 1. The van der Waals surface area contributed by atoms with E-state index in [0.717, 1.165) is 11.1 Å².